The van der Waals surface area contributed by atoms with Crippen LogP contribution in [0.4, 0.5) is 5.69 Å². The summed E-state index contributed by atoms with van der Waals surface area (Å²) in [6.45, 7) is 2.48. The second-order valence-corrected chi connectivity index (χ2v) is 4.65. The second kappa shape index (κ2) is 8.27. The Kier molecular flexibility index (Phi) is 6.66. The number of nitro groups is 1. The number of nitrogens with one attached hydrogen (secondary N) is 1. The molecule has 6 heteroatoms. The van der Waals surface area contributed by atoms with Gasteiger partial charge in [-0.25, -0.2) is 0 Å². The van der Waals surface area contributed by atoms with E-state index in [4.69, 9.17) is 5.11 Å². The fourth-order valence-electron chi connectivity index (χ4n) is 1.86. The predicted molar refractivity (Wildman–Crippen MR) is 75.7 cm³/mol. The number of amides is 1. The van der Waals surface area contributed by atoms with Crippen LogP contribution in [0.1, 0.15) is 41.6 Å². The summed E-state index contributed by atoms with van der Waals surface area (Å²) in [5.41, 5.74) is 0.978. The standard InChI is InChI=1S/C14H20N2O4/c1-11-6-7-12(16(19)20)10-13(11)14(18)15-8-4-2-3-5-9-17/h6-7,10,17H,2-5,8-9H2,1H3,(H,15,18). The zero-order chi connectivity index (χ0) is 15.0. The maximum absolute atomic E-state index is 12.0. The van der Waals surface area contributed by atoms with Gasteiger partial charge in [-0.2, -0.15) is 0 Å². The molecule has 0 heterocycles. The third-order valence-corrected chi connectivity index (χ3v) is 3.05. The molecule has 2 N–H and O–H groups in total. The Balaban J connectivity index is 2.50. The van der Waals surface area contributed by atoms with E-state index in [9.17, 15) is 14.9 Å². The number of benzene rings is 1. The van der Waals surface area contributed by atoms with Crippen molar-refractivity contribution < 1.29 is 14.8 Å². The Labute approximate surface area is 118 Å². The molecule has 1 aromatic carbocycles. The number of aliphatic hydroxyl groups excluding tert-OH is 1. The molecule has 20 heavy (non-hydrogen) atoms. The molecule has 0 fully saturated rings. The van der Waals surface area contributed by atoms with Crippen molar-refractivity contribution in [3.8, 4) is 0 Å². The zero-order valence-electron chi connectivity index (χ0n) is 11.6. The summed E-state index contributed by atoms with van der Waals surface area (Å²) < 4.78 is 0. The predicted octanol–water partition coefficient (Wildman–Crippen LogP) is 2.19. The topological polar surface area (TPSA) is 92.5 Å². The maximum atomic E-state index is 12.0. The van der Waals surface area contributed by atoms with E-state index in [2.05, 4.69) is 5.32 Å². The Morgan fingerprint density at radius 2 is 2.00 bits per heavy atom. The molecule has 0 radical (unpaired) electrons. The van der Waals surface area contributed by atoms with E-state index in [0.29, 0.717) is 17.7 Å². The fourth-order valence-corrected chi connectivity index (χ4v) is 1.86. The summed E-state index contributed by atoms with van der Waals surface area (Å²) in [6, 6.07) is 4.27. The third kappa shape index (κ3) is 4.97. The zero-order valence-corrected chi connectivity index (χ0v) is 11.6. The number of nitrogens with zero attached hydrogens (tertiary/aromatic N) is 1. The highest BCUT2D eigenvalue weighted by Gasteiger charge is 2.14. The van der Waals surface area contributed by atoms with E-state index in [1.807, 2.05) is 0 Å². The number of hydrogen-bond acceptors (Lipinski definition) is 4. The van der Waals surface area contributed by atoms with Crippen molar-refractivity contribution >= 4 is 11.6 Å². The van der Waals surface area contributed by atoms with Crippen LogP contribution in [0.15, 0.2) is 18.2 Å². The minimum absolute atomic E-state index is 0.0799. The van der Waals surface area contributed by atoms with Gasteiger partial charge in [-0.15, -0.1) is 0 Å². The molecule has 0 aliphatic heterocycles. The van der Waals surface area contributed by atoms with Crippen LogP contribution < -0.4 is 5.32 Å². The molecular weight excluding hydrogens is 260 g/mol. The van der Waals surface area contributed by atoms with Gasteiger partial charge in [0.05, 0.1) is 4.92 Å². The normalized spacial score (nSPS) is 10.3. The highest BCUT2D eigenvalue weighted by atomic mass is 16.6. The van der Waals surface area contributed by atoms with Crippen molar-refractivity contribution in [3.63, 3.8) is 0 Å². The molecule has 0 spiro atoms. The van der Waals surface area contributed by atoms with Crippen LogP contribution >= 0.6 is 0 Å². The van der Waals surface area contributed by atoms with E-state index in [0.717, 1.165) is 25.7 Å². The average molecular weight is 280 g/mol. The van der Waals surface area contributed by atoms with E-state index >= 15 is 0 Å². The maximum Gasteiger partial charge on any atom is 0.270 e. The number of aliphatic hydroxyl groups is 1. The lowest BCUT2D eigenvalue weighted by Crippen LogP contribution is -2.25. The fraction of sp³-hybridized carbons (Fsp3) is 0.500. The van der Waals surface area contributed by atoms with Gasteiger partial charge in [0.25, 0.3) is 11.6 Å². The monoisotopic (exact) mass is 280 g/mol. The number of non-ortho nitro benzene ring substituents is 1. The first-order chi connectivity index (χ1) is 9.56. The van der Waals surface area contributed by atoms with Crippen LogP contribution in [0.25, 0.3) is 0 Å². The minimum atomic E-state index is -0.509. The van der Waals surface area contributed by atoms with Gasteiger partial charge in [-0.3, -0.25) is 14.9 Å². The molecular formula is C14H20N2O4. The van der Waals surface area contributed by atoms with Crippen LogP contribution in [0.2, 0.25) is 0 Å². The summed E-state index contributed by atoms with van der Waals surface area (Å²) in [7, 11) is 0. The van der Waals surface area contributed by atoms with Crippen molar-refractivity contribution in [1.82, 2.24) is 5.32 Å². The molecule has 1 rings (SSSR count). The molecule has 0 unspecified atom stereocenters. The van der Waals surface area contributed by atoms with Crippen LogP contribution in [-0.4, -0.2) is 29.1 Å². The molecule has 0 aromatic heterocycles. The smallest absolute Gasteiger partial charge is 0.270 e. The summed E-state index contributed by atoms with van der Waals surface area (Å²) in [4.78, 5) is 22.1. The first-order valence-electron chi connectivity index (χ1n) is 6.70. The van der Waals surface area contributed by atoms with Crippen LogP contribution in [-0.2, 0) is 0 Å². The molecule has 0 aliphatic rings. The summed E-state index contributed by atoms with van der Waals surface area (Å²) in [6.07, 6.45) is 3.48. The van der Waals surface area contributed by atoms with Gasteiger partial charge >= 0.3 is 0 Å². The Morgan fingerprint density at radius 1 is 1.30 bits per heavy atom. The van der Waals surface area contributed by atoms with Gasteiger partial charge < -0.3 is 10.4 Å². The Hall–Kier alpha value is -1.95. The summed E-state index contributed by atoms with van der Waals surface area (Å²) in [5.74, 6) is -0.284. The van der Waals surface area contributed by atoms with Crippen molar-refractivity contribution in [3.05, 3.63) is 39.4 Å². The van der Waals surface area contributed by atoms with Crippen molar-refractivity contribution in [2.75, 3.05) is 13.2 Å². The summed E-state index contributed by atoms with van der Waals surface area (Å²) in [5, 5.41) is 22.1. The lowest BCUT2D eigenvalue weighted by atomic mass is 10.1. The first-order valence-corrected chi connectivity index (χ1v) is 6.70. The van der Waals surface area contributed by atoms with Crippen LogP contribution in [0.3, 0.4) is 0 Å². The molecule has 0 bridgehead atoms. The number of unbranched alkanes of at least 4 members (excludes halogenated alkanes) is 3. The Bertz CT molecular complexity index is 474. The molecule has 110 valence electrons. The average Bonchev–Trinajstić information content (AvgIpc) is 2.42. The van der Waals surface area contributed by atoms with Crippen LogP contribution in [0, 0.1) is 17.0 Å². The molecule has 1 aromatic rings. The second-order valence-electron chi connectivity index (χ2n) is 4.65. The number of carbonyl (C=O) groups excluding carboxylic acids is 1. The quantitative estimate of drug-likeness (QED) is 0.433. The van der Waals surface area contributed by atoms with Gasteiger partial charge in [0.1, 0.15) is 0 Å². The highest BCUT2D eigenvalue weighted by molar-refractivity contribution is 5.96. The molecule has 0 aliphatic carbocycles. The lowest BCUT2D eigenvalue weighted by molar-refractivity contribution is -0.384. The number of aryl methyl sites for hydroxylation is 1. The first kappa shape index (κ1) is 16.1. The van der Waals surface area contributed by atoms with Crippen LogP contribution in [0.5, 0.6) is 0 Å². The highest BCUT2D eigenvalue weighted by Crippen LogP contribution is 2.17. The van der Waals surface area contributed by atoms with Gasteiger partial charge in [0.2, 0.25) is 0 Å². The molecule has 0 saturated heterocycles. The van der Waals surface area contributed by atoms with Gasteiger partial charge in [0.15, 0.2) is 0 Å². The Morgan fingerprint density at radius 3 is 2.65 bits per heavy atom. The van der Waals surface area contributed by atoms with Gasteiger partial charge in [-0.05, 0) is 25.3 Å². The summed E-state index contributed by atoms with van der Waals surface area (Å²) >= 11 is 0. The largest absolute Gasteiger partial charge is 0.396 e. The van der Waals surface area contributed by atoms with E-state index in [1.54, 1.807) is 13.0 Å². The molecule has 0 atom stereocenters. The van der Waals surface area contributed by atoms with Gasteiger partial charge in [-0.1, -0.05) is 18.9 Å². The third-order valence-electron chi connectivity index (χ3n) is 3.05. The number of hydrogen-bond donors (Lipinski definition) is 2. The minimum Gasteiger partial charge on any atom is -0.396 e. The number of carbonyl (C=O) groups is 1. The van der Waals surface area contributed by atoms with E-state index in [1.165, 1.54) is 12.1 Å². The molecule has 6 nitrogen and oxygen atoms in total. The molecule has 1 amide bonds. The van der Waals surface area contributed by atoms with E-state index in [-0.39, 0.29) is 18.2 Å². The lowest BCUT2D eigenvalue weighted by Gasteiger charge is -2.07. The number of nitro benzene ring substituents is 1. The van der Waals surface area contributed by atoms with Gasteiger partial charge in [0, 0.05) is 30.8 Å². The molecule has 0 saturated carbocycles. The van der Waals surface area contributed by atoms with E-state index < -0.39 is 4.92 Å². The number of rotatable bonds is 8. The van der Waals surface area contributed by atoms with Crippen molar-refractivity contribution in [2.45, 2.75) is 32.6 Å². The van der Waals surface area contributed by atoms with Crippen molar-refractivity contribution in [2.24, 2.45) is 0 Å². The SMILES string of the molecule is Cc1ccc([N+](=O)[O-])cc1C(=O)NCCCCCCO. The van der Waals surface area contributed by atoms with Crippen molar-refractivity contribution in [1.29, 1.82) is 0 Å².